The molecular weight excluding hydrogens is 282 g/mol. The van der Waals surface area contributed by atoms with Crippen LogP contribution in [0.5, 0.6) is 0 Å². The molecule has 1 aromatic rings. The Morgan fingerprint density at radius 2 is 2.14 bits per heavy atom. The van der Waals surface area contributed by atoms with E-state index in [0.29, 0.717) is 12.5 Å². The molecule has 0 fully saturated rings. The highest BCUT2D eigenvalue weighted by molar-refractivity contribution is 7.09. The lowest BCUT2D eigenvalue weighted by molar-refractivity contribution is 0.357. The van der Waals surface area contributed by atoms with Crippen molar-refractivity contribution in [2.45, 2.75) is 40.2 Å². The number of aromatic nitrogens is 1. The molecule has 5 nitrogen and oxygen atoms in total. The van der Waals surface area contributed by atoms with Crippen LogP contribution in [0.1, 0.15) is 44.3 Å². The number of likely N-dealkylation sites (N-methyl/N-ethyl adjacent to an activating group) is 1. The molecule has 0 bridgehead atoms. The molecule has 120 valence electrons. The summed E-state index contributed by atoms with van der Waals surface area (Å²) < 4.78 is 0. The Balaban J connectivity index is 2.49. The fourth-order valence-electron chi connectivity index (χ4n) is 1.67. The normalized spacial score (nSPS) is 12.2. The van der Waals surface area contributed by atoms with E-state index in [2.05, 4.69) is 65.6 Å². The maximum Gasteiger partial charge on any atom is 0.191 e. The summed E-state index contributed by atoms with van der Waals surface area (Å²) in [6.45, 7) is 13.0. The van der Waals surface area contributed by atoms with Crippen molar-refractivity contribution < 1.29 is 0 Å². The molecule has 21 heavy (non-hydrogen) atoms. The Morgan fingerprint density at radius 1 is 1.38 bits per heavy atom. The predicted molar refractivity (Wildman–Crippen MR) is 92.2 cm³/mol. The molecule has 1 heterocycles. The van der Waals surface area contributed by atoms with Crippen LogP contribution in [-0.4, -0.2) is 49.1 Å². The van der Waals surface area contributed by atoms with E-state index in [1.807, 2.05) is 0 Å². The third-order valence-corrected chi connectivity index (χ3v) is 4.06. The van der Waals surface area contributed by atoms with Crippen LogP contribution in [0.3, 0.4) is 0 Å². The summed E-state index contributed by atoms with van der Waals surface area (Å²) in [6, 6.07) is 0. The fourth-order valence-corrected chi connectivity index (χ4v) is 2.55. The van der Waals surface area contributed by atoms with E-state index in [1.54, 1.807) is 11.3 Å². The number of aliphatic imine (C=N–C) groups is 1. The van der Waals surface area contributed by atoms with Gasteiger partial charge in [0, 0.05) is 25.0 Å². The molecule has 0 aliphatic carbocycles. The molecule has 1 aromatic heterocycles. The highest BCUT2D eigenvalue weighted by Crippen LogP contribution is 2.18. The summed E-state index contributed by atoms with van der Waals surface area (Å²) in [5.41, 5.74) is 1.16. The third-order valence-electron chi connectivity index (χ3n) is 3.20. The Bertz CT molecular complexity index is 427. The van der Waals surface area contributed by atoms with Gasteiger partial charge in [-0.2, -0.15) is 0 Å². The van der Waals surface area contributed by atoms with E-state index >= 15 is 0 Å². The number of hydrogen-bond acceptors (Lipinski definition) is 4. The molecule has 2 N–H and O–H groups in total. The van der Waals surface area contributed by atoms with Gasteiger partial charge in [0.25, 0.3) is 0 Å². The molecule has 0 spiro atoms. The number of hydrogen-bond donors (Lipinski definition) is 2. The lowest BCUT2D eigenvalue weighted by Crippen LogP contribution is -2.40. The van der Waals surface area contributed by atoms with E-state index in [-0.39, 0.29) is 0 Å². The average Bonchev–Trinajstić information content (AvgIpc) is 2.93. The van der Waals surface area contributed by atoms with Gasteiger partial charge in [0.05, 0.1) is 12.2 Å². The van der Waals surface area contributed by atoms with Crippen LogP contribution in [-0.2, 0) is 6.54 Å². The van der Waals surface area contributed by atoms with Crippen LogP contribution in [0.4, 0.5) is 0 Å². The van der Waals surface area contributed by atoms with Crippen LogP contribution in [0.15, 0.2) is 10.4 Å². The van der Waals surface area contributed by atoms with Crippen molar-refractivity contribution in [1.29, 1.82) is 0 Å². The van der Waals surface area contributed by atoms with Gasteiger partial charge in [-0.25, -0.2) is 9.98 Å². The third kappa shape index (κ3) is 6.91. The largest absolute Gasteiger partial charge is 0.357 e. The van der Waals surface area contributed by atoms with Gasteiger partial charge >= 0.3 is 0 Å². The Morgan fingerprint density at radius 3 is 2.71 bits per heavy atom. The van der Waals surface area contributed by atoms with Crippen molar-refractivity contribution in [1.82, 2.24) is 20.5 Å². The van der Waals surface area contributed by atoms with E-state index in [4.69, 9.17) is 0 Å². The molecule has 0 amide bonds. The lowest BCUT2D eigenvalue weighted by Gasteiger charge is -2.16. The molecular formula is C15H29N5S. The van der Waals surface area contributed by atoms with Crippen LogP contribution < -0.4 is 10.6 Å². The van der Waals surface area contributed by atoms with Crippen LogP contribution in [0, 0.1) is 0 Å². The zero-order valence-corrected chi connectivity index (χ0v) is 14.8. The zero-order valence-electron chi connectivity index (χ0n) is 13.9. The van der Waals surface area contributed by atoms with Gasteiger partial charge in [0.15, 0.2) is 5.96 Å². The predicted octanol–water partition coefficient (Wildman–Crippen LogP) is 2.27. The van der Waals surface area contributed by atoms with Gasteiger partial charge < -0.3 is 15.5 Å². The van der Waals surface area contributed by atoms with Crippen LogP contribution in [0.25, 0.3) is 0 Å². The molecule has 0 saturated carbocycles. The number of thiazole rings is 1. The van der Waals surface area contributed by atoms with E-state index in [1.165, 1.54) is 0 Å². The first-order chi connectivity index (χ1) is 10.1. The van der Waals surface area contributed by atoms with Gasteiger partial charge in [-0.3, -0.25) is 0 Å². The highest BCUT2D eigenvalue weighted by Gasteiger charge is 2.05. The van der Waals surface area contributed by atoms with Crippen LogP contribution >= 0.6 is 11.3 Å². The second kappa shape index (κ2) is 9.73. The quantitative estimate of drug-likeness (QED) is 0.571. The Labute approximate surface area is 132 Å². The van der Waals surface area contributed by atoms with Crippen LogP contribution in [0.2, 0.25) is 0 Å². The van der Waals surface area contributed by atoms with Crippen molar-refractivity contribution in [3.8, 4) is 0 Å². The minimum absolute atomic E-state index is 0.481. The SMILES string of the molecule is CCNC(=NCc1nc(C(C)C)cs1)NCCN(C)CC. The fraction of sp³-hybridized carbons (Fsp3) is 0.733. The molecule has 0 aliphatic rings. The molecule has 0 saturated heterocycles. The summed E-state index contributed by atoms with van der Waals surface area (Å²) in [6.07, 6.45) is 0. The molecule has 1 rings (SSSR count). The summed E-state index contributed by atoms with van der Waals surface area (Å²) >= 11 is 1.69. The molecule has 0 aliphatic heterocycles. The maximum atomic E-state index is 4.61. The van der Waals surface area contributed by atoms with Gasteiger partial charge in [-0.15, -0.1) is 11.3 Å². The van der Waals surface area contributed by atoms with Gasteiger partial charge in [0.2, 0.25) is 0 Å². The molecule has 0 radical (unpaired) electrons. The van der Waals surface area contributed by atoms with Crippen molar-refractivity contribution >= 4 is 17.3 Å². The second-order valence-corrected chi connectivity index (χ2v) is 6.28. The van der Waals surface area contributed by atoms with E-state index in [9.17, 15) is 0 Å². The van der Waals surface area contributed by atoms with Gasteiger partial charge in [-0.1, -0.05) is 20.8 Å². The Kier molecular flexibility index (Phi) is 8.30. The van der Waals surface area contributed by atoms with E-state index < -0.39 is 0 Å². The molecule has 6 heteroatoms. The van der Waals surface area contributed by atoms with Gasteiger partial charge in [0.1, 0.15) is 5.01 Å². The minimum Gasteiger partial charge on any atom is -0.357 e. The standard InChI is InChI=1S/C15H29N5S/c1-6-16-15(17-8-9-20(5)7-2)18-10-14-19-13(11-21-14)12(3)4/h11-12H,6-10H2,1-5H3,(H2,16,17,18). The maximum absolute atomic E-state index is 4.61. The molecule has 0 atom stereocenters. The first-order valence-corrected chi connectivity index (χ1v) is 8.59. The van der Waals surface area contributed by atoms with Gasteiger partial charge in [-0.05, 0) is 26.4 Å². The topological polar surface area (TPSA) is 52.6 Å². The lowest BCUT2D eigenvalue weighted by atomic mass is 10.2. The number of guanidine groups is 1. The Hall–Kier alpha value is -1.14. The summed E-state index contributed by atoms with van der Waals surface area (Å²) in [4.78, 5) is 11.5. The number of rotatable bonds is 8. The monoisotopic (exact) mass is 311 g/mol. The molecule has 0 aromatic carbocycles. The number of nitrogens with zero attached hydrogens (tertiary/aromatic N) is 3. The smallest absolute Gasteiger partial charge is 0.191 e. The van der Waals surface area contributed by atoms with Crippen molar-refractivity contribution in [3.05, 3.63) is 16.1 Å². The second-order valence-electron chi connectivity index (χ2n) is 5.34. The molecule has 0 unspecified atom stereocenters. The summed E-state index contributed by atoms with van der Waals surface area (Å²) in [7, 11) is 2.12. The minimum atomic E-state index is 0.481. The van der Waals surface area contributed by atoms with Crippen molar-refractivity contribution in [2.75, 3.05) is 33.2 Å². The van der Waals surface area contributed by atoms with Crippen molar-refractivity contribution in [2.24, 2.45) is 4.99 Å². The average molecular weight is 311 g/mol. The highest BCUT2D eigenvalue weighted by atomic mass is 32.1. The number of nitrogens with one attached hydrogen (secondary N) is 2. The first-order valence-electron chi connectivity index (χ1n) is 7.71. The summed E-state index contributed by atoms with van der Waals surface area (Å²) in [5, 5.41) is 9.83. The summed E-state index contributed by atoms with van der Waals surface area (Å²) in [5.74, 6) is 1.35. The first kappa shape index (κ1) is 17.9. The van der Waals surface area contributed by atoms with Crippen molar-refractivity contribution in [3.63, 3.8) is 0 Å². The van der Waals surface area contributed by atoms with E-state index in [0.717, 1.165) is 42.8 Å². The zero-order chi connectivity index (χ0) is 15.7.